The molecule has 2 aromatic carbocycles. The molecular formula is C20H17N3O2S2. The van der Waals surface area contributed by atoms with Crippen LogP contribution in [0.3, 0.4) is 0 Å². The fraction of sp³-hybridized carbons (Fsp3) is 0.150. The number of methoxy groups -OCH3 is 1. The Morgan fingerprint density at radius 2 is 1.85 bits per heavy atom. The molecule has 0 aliphatic rings. The third kappa shape index (κ3) is 3.89. The number of hydrogen-bond acceptors (Lipinski definition) is 6. The number of rotatable bonds is 5. The van der Waals surface area contributed by atoms with Crippen LogP contribution in [0.25, 0.3) is 15.5 Å². The molecule has 136 valence electrons. The average molecular weight is 396 g/mol. The van der Waals surface area contributed by atoms with Gasteiger partial charge in [0.25, 0.3) is 5.56 Å². The van der Waals surface area contributed by atoms with E-state index in [1.807, 2.05) is 24.3 Å². The van der Waals surface area contributed by atoms with Crippen LogP contribution in [0.4, 0.5) is 0 Å². The van der Waals surface area contributed by atoms with E-state index in [1.165, 1.54) is 21.4 Å². The Kier molecular flexibility index (Phi) is 4.96. The minimum atomic E-state index is -0.157. The number of aryl methyl sites for hydroxylation is 1. The van der Waals surface area contributed by atoms with E-state index in [0.717, 1.165) is 26.9 Å². The van der Waals surface area contributed by atoms with Crippen LogP contribution in [-0.4, -0.2) is 21.7 Å². The van der Waals surface area contributed by atoms with Gasteiger partial charge in [0.2, 0.25) is 4.96 Å². The number of nitrogens with zero attached hydrogens (tertiary/aromatic N) is 3. The highest BCUT2D eigenvalue weighted by molar-refractivity contribution is 7.98. The second-order valence-electron chi connectivity index (χ2n) is 6.02. The lowest BCUT2D eigenvalue weighted by Gasteiger charge is -2.02. The summed E-state index contributed by atoms with van der Waals surface area (Å²) in [4.78, 5) is 18.8. The molecule has 4 aromatic rings. The highest BCUT2D eigenvalue weighted by atomic mass is 32.2. The first-order valence-corrected chi connectivity index (χ1v) is 10.2. The van der Waals surface area contributed by atoms with Crippen LogP contribution in [-0.2, 0) is 5.75 Å². The minimum Gasteiger partial charge on any atom is -0.497 e. The van der Waals surface area contributed by atoms with Gasteiger partial charge in [0.15, 0.2) is 0 Å². The number of thioether (sulfide) groups is 1. The van der Waals surface area contributed by atoms with Gasteiger partial charge in [-0.2, -0.15) is 9.61 Å². The van der Waals surface area contributed by atoms with Crippen LogP contribution in [0.5, 0.6) is 5.75 Å². The van der Waals surface area contributed by atoms with E-state index < -0.39 is 0 Å². The first-order valence-electron chi connectivity index (χ1n) is 8.36. The zero-order chi connectivity index (χ0) is 18.8. The van der Waals surface area contributed by atoms with Gasteiger partial charge in [-0.3, -0.25) is 4.79 Å². The standard InChI is InChI=1S/C20H17N3O2S2/c1-13-3-9-17(10-4-13)26-12-15-11-18(24)23-20(21-15)27-19(22-23)14-5-7-16(25-2)8-6-14/h3-11H,12H2,1-2H3. The third-order valence-corrected chi connectivity index (χ3v) is 6.05. The first kappa shape index (κ1) is 17.8. The quantitative estimate of drug-likeness (QED) is 0.468. The molecular weight excluding hydrogens is 378 g/mol. The van der Waals surface area contributed by atoms with Gasteiger partial charge in [-0.1, -0.05) is 29.0 Å². The largest absolute Gasteiger partial charge is 0.497 e. The average Bonchev–Trinajstić information content (AvgIpc) is 3.12. The molecule has 0 saturated carbocycles. The third-order valence-electron chi connectivity index (χ3n) is 4.04. The summed E-state index contributed by atoms with van der Waals surface area (Å²) < 4.78 is 6.55. The molecule has 0 spiro atoms. The summed E-state index contributed by atoms with van der Waals surface area (Å²) in [6.07, 6.45) is 0. The van der Waals surface area contributed by atoms with Crippen molar-refractivity contribution >= 4 is 28.1 Å². The van der Waals surface area contributed by atoms with Gasteiger partial charge in [-0.25, -0.2) is 4.98 Å². The fourth-order valence-corrected chi connectivity index (χ4v) is 4.29. The van der Waals surface area contributed by atoms with Crippen molar-refractivity contribution in [2.24, 2.45) is 0 Å². The monoisotopic (exact) mass is 395 g/mol. The lowest BCUT2D eigenvalue weighted by Crippen LogP contribution is -2.15. The molecule has 5 nitrogen and oxygen atoms in total. The second-order valence-corrected chi connectivity index (χ2v) is 8.02. The Hall–Kier alpha value is -2.64. The topological polar surface area (TPSA) is 56.5 Å². The summed E-state index contributed by atoms with van der Waals surface area (Å²) in [5, 5.41) is 5.17. The highest BCUT2D eigenvalue weighted by Crippen LogP contribution is 2.27. The van der Waals surface area contributed by atoms with E-state index >= 15 is 0 Å². The number of ether oxygens (including phenoxy) is 1. The van der Waals surface area contributed by atoms with E-state index in [1.54, 1.807) is 24.9 Å². The molecule has 0 aliphatic carbocycles. The molecule has 0 fully saturated rings. The smallest absolute Gasteiger partial charge is 0.275 e. The van der Waals surface area contributed by atoms with Crippen LogP contribution in [0, 0.1) is 6.92 Å². The molecule has 0 bridgehead atoms. The number of aromatic nitrogens is 3. The number of hydrogen-bond donors (Lipinski definition) is 0. The highest BCUT2D eigenvalue weighted by Gasteiger charge is 2.11. The van der Waals surface area contributed by atoms with E-state index in [2.05, 4.69) is 41.3 Å². The van der Waals surface area contributed by atoms with Gasteiger partial charge < -0.3 is 4.74 Å². The van der Waals surface area contributed by atoms with Crippen molar-refractivity contribution in [3.63, 3.8) is 0 Å². The molecule has 2 aromatic heterocycles. The maximum Gasteiger partial charge on any atom is 0.275 e. The van der Waals surface area contributed by atoms with Crippen LogP contribution in [0.15, 0.2) is 64.3 Å². The molecule has 27 heavy (non-hydrogen) atoms. The maximum atomic E-state index is 12.4. The van der Waals surface area contributed by atoms with Crippen molar-refractivity contribution in [3.05, 3.63) is 76.2 Å². The molecule has 0 amide bonds. The van der Waals surface area contributed by atoms with Gasteiger partial charge in [0, 0.05) is 22.3 Å². The van der Waals surface area contributed by atoms with Crippen molar-refractivity contribution in [1.29, 1.82) is 0 Å². The lowest BCUT2D eigenvalue weighted by molar-refractivity contribution is 0.415. The molecule has 0 saturated heterocycles. The summed E-state index contributed by atoms with van der Waals surface area (Å²) in [5.41, 5.74) is 2.76. The Labute approximate surface area is 164 Å². The molecule has 0 N–H and O–H groups in total. The Balaban J connectivity index is 1.60. The molecule has 2 heterocycles. The van der Waals surface area contributed by atoms with E-state index in [0.29, 0.717) is 10.7 Å². The van der Waals surface area contributed by atoms with Crippen LogP contribution < -0.4 is 10.3 Å². The van der Waals surface area contributed by atoms with Gasteiger partial charge in [0.05, 0.1) is 12.8 Å². The van der Waals surface area contributed by atoms with Crippen molar-refractivity contribution in [1.82, 2.24) is 14.6 Å². The van der Waals surface area contributed by atoms with Crippen LogP contribution in [0.2, 0.25) is 0 Å². The lowest BCUT2D eigenvalue weighted by atomic mass is 10.2. The number of fused-ring (bicyclic) bond motifs is 1. The Bertz CT molecular complexity index is 1130. The summed E-state index contributed by atoms with van der Waals surface area (Å²) in [6.45, 7) is 2.06. The van der Waals surface area contributed by atoms with Gasteiger partial charge >= 0.3 is 0 Å². The van der Waals surface area contributed by atoms with Crippen LogP contribution >= 0.6 is 23.1 Å². The van der Waals surface area contributed by atoms with Crippen LogP contribution in [0.1, 0.15) is 11.3 Å². The van der Waals surface area contributed by atoms with Gasteiger partial charge in [-0.15, -0.1) is 11.8 Å². The molecule has 0 atom stereocenters. The van der Waals surface area contributed by atoms with Gasteiger partial charge in [-0.05, 0) is 43.3 Å². The Morgan fingerprint density at radius 3 is 2.56 bits per heavy atom. The molecule has 7 heteroatoms. The van der Waals surface area contributed by atoms with Gasteiger partial charge in [0.1, 0.15) is 10.8 Å². The second kappa shape index (κ2) is 7.54. The molecule has 0 aliphatic heterocycles. The normalized spacial score (nSPS) is 11.0. The summed E-state index contributed by atoms with van der Waals surface area (Å²) in [6, 6.07) is 17.5. The minimum absolute atomic E-state index is 0.157. The fourth-order valence-electron chi connectivity index (χ4n) is 2.57. The van der Waals surface area contributed by atoms with Crippen molar-refractivity contribution in [2.45, 2.75) is 17.6 Å². The predicted molar refractivity (Wildman–Crippen MR) is 110 cm³/mol. The zero-order valence-electron chi connectivity index (χ0n) is 14.9. The van der Waals surface area contributed by atoms with E-state index in [9.17, 15) is 4.79 Å². The van der Waals surface area contributed by atoms with E-state index in [4.69, 9.17) is 4.74 Å². The predicted octanol–water partition coefficient (Wildman–Crippen LogP) is 4.43. The molecule has 0 radical (unpaired) electrons. The molecule has 4 rings (SSSR count). The van der Waals surface area contributed by atoms with Crippen molar-refractivity contribution < 1.29 is 4.74 Å². The summed E-state index contributed by atoms with van der Waals surface area (Å²) in [7, 11) is 1.63. The van der Waals surface area contributed by atoms with E-state index in [-0.39, 0.29) is 5.56 Å². The SMILES string of the molecule is COc1ccc(-c2nn3c(=O)cc(CSc4ccc(C)cc4)nc3s2)cc1. The summed E-state index contributed by atoms with van der Waals surface area (Å²) >= 11 is 3.07. The molecule has 0 unspecified atom stereocenters. The first-order chi connectivity index (χ1) is 13.1. The van der Waals surface area contributed by atoms with Crippen molar-refractivity contribution in [2.75, 3.05) is 7.11 Å². The number of benzene rings is 2. The maximum absolute atomic E-state index is 12.4. The van der Waals surface area contributed by atoms with Crippen molar-refractivity contribution in [3.8, 4) is 16.3 Å². The summed E-state index contributed by atoms with van der Waals surface area (Å²) in [5.74, 6) is 1.43. The Morgan fingerprint density at radius 1 is 1.11 bits per heavy atom. The zero-order valence-corrected chi connectivity index (χ0v) is 16.5.